The van der Waals surface area contributed by atoms with Crippen LogP contribution >= 0.6 is 0 Å². The number of piperidine rings is 1. The molecule has 2 aliphatic rings. The summed E-state index contributed by atoms with van der Waals surface area (Å²) in [5.74, 6) is 1.67. The van der Waals surface area contributed by atoms with E-state index in [4.69, 9.17) is 14.5 Å². The fourth-order valence-corrected chi connectivity index (χ4v) is 5.43. The van der Waals surface area contributed by atoms with E-state index in [1.165, 1.54) is 10.6 Å². The lowest BCUT2D eigenvalue weighted by atomic mass is 10.1. The van der Waals surface area contributed by atoms with Gasteiger partial charge in [0.2, 0.25) is 15.5 Å². The van der Waals surface area contributed by atoms with E-state index in [1.54, 1.807) is 13.4 Å². The molecule has 0 radical (unpaired) electrons. The highest BCUT2D eigenvalue weighted by Crippen LogP contribution is 2.32. The number of methoxy groups -OCH3 is 1. The molecule has 4 N–H and O–H groups in total. The zero-order valence-corrected chi connectivity index (χ0v) is 20.7. The molecule has 1 atom stereocenters. The van der Waals surface area contributed by atoms with Crippen molar-refractivity contribution in [2.45, 2.75) is 18.9 Å². The maximum absolute atomic E-state index is 12.0. The molecule has 35 heavy (non-hydrogen) atoms. The summed E-state index contributed by atoms with van der Waals surface area (Å²) in [6, 6.07) is 5.93. The van der Waals surface area contributed by atoms with Crippen molar-refractivity contribution >= 4 is 44.3 Å². The van der Waals surface area contributed by atoms with Crippen LogP contribution in [0.25, 0.3) is 11.2 Å². The van der Waals surface area contributed by atoms with Crippen molar-refractivity contribution in [2.24, 2.45) is 0 Å². The molecule has 2 aromatic heterocycles. The number of nitrogens with zero attached hydrogens (tertiary/aromatic N) is 4. The smallest absolute Gasteiger partial charge is 0.307 e. The molecule has 1 aromatic carbocycles. The fraction of sp³-hybridized carbons (Fsp3) is 0.500. The van der Waals surface area contributed by atoms with Gasteiger partial charge in [0.15, 0.2) is 12.1 Å². The fourth-order valence-electron chi connectivity index (χ4n) is 4.52. The van der Waals surface area contributed by atoms with Gasteiger partial charge in [0.05, 0.1) is 32.3 Å². The first-order valence-electron chi connectivity index (χ1n) is 11.7. The third-order valence-electron chi connectivity index (χ3n) is 6.34. The van der Waals surface area contributed by atoms with Crippen LogP contribution in [0.5, 0.6) is 5.75 Å². The second kappa shape index (κ2) is 9.84. The lowest BCUT2D eigenvalue weighted by Crippen LogP contribution is -2.44. The first-order chi connectivity index (χ1) is 16.9. The van der Waals surface area contributed by atoms with E-state index >= 15 is 0 Å². The number of ether oxygens (including phenoxy) is 2. The van der Waals surface area contributed by atoms with Gasteiger partial charge in [-0.05, 0) is 25.0 Å². The van der Waals surface area contributed by atoms with Crippen LogP contribution in [0.2, 0.25) is 0 Å². The molecule has 0 spiro atoms. The van der Waals surface area contributed by atoms with Gasteiger partial charge in [-0.1, -0.05) is 4.98 Å². The molecule has 13 heteroatoms. The Morgan fingerprint density at radius 2 is 2.06 bits per heavy atom. The van der Waals surface area contributed by atoms with Crippen molar-refractivity contribution in [3.8, 4) is 5.75 Å². The van der Waals surface area contributed by atoms with E-state index in [-0.39, 0.29) is 6.04 Å². The molecule has 0 amide bonds. The maximum atomic E-state index is 12.0. The summed E-state index contributed by atoms with van der Waals surface area (Å²) in [6.45, 7) is 4.04. The Hall–Kier alpha value is -3.16. The van der Waals surface area contributed by atoms with Gasteiger partial charge in [0.25, 0.3) is 0 Å². The van der Waals surface area contributed by atoms with Crippen molar-refractivity contribution in [3.63, 3.8) is 0 Å². The van der Waals surface area contributed by atoms with Gasteiger partial charge < -0.3 is 25.0 Å². The third kappa shape index (κ3) is 5.26. The van der Waals surface area contributed by atoms with Gasteiger partial charge in [-0.2, -0.15) is 4.98 Å². The summed E-state index contributed by atoms with van der Waals surface area (Å²) in [7, 11) is -1.61. The zero-order chi connectivity index (χ0) is 24.4. The molecule has 1 unspecified atom stereocenters. The highest BCUT2D eigenvalue weighted by atomic mass is 32.2. The first kappa shape index (κ1) is 23.6. The number of H-pyrrole nitrogens is 2. The van der Waals surface area contributed by atoms with Gasteiger partial charge >= 0.3 is 11.6 Å². The number of hydrogen-bond acceptors (Lipinski definition) is 9. The molecule has 2 saturated heterocycles. The quantitative estimate of drug-likeness (QED) is 0.434. The summed E-state index contributed by atoms with van der Waals surface area (Å²) in [4.78, 5) is 17.8. The second-order valence-electron chi connectivity index (χ2n) is 8.77. The number of hydrogen-bond donors (Lipinski definition) is 3. The van der Waals surface area contributed by atoms with Gasteiger partial charge in [0.1, 0.15) is 5.75 Å². The highest BCUT2D eigenvalue weighted by Gasteiger charge is 2.28. The van der Waals surface area contributed by atoms with Crippen molar-refractivity contribution in [1.82, 2.24) is 19.3 Å². The van der Waals surface area contributed by atoms with Crippen LogP contribution < -0.4 is 25.3 Å². The van der Waals surface area contributed by atoms with Crippen LogP contribution in [-0.4, -0.2) is 86.5 Å². The van der Waals surface area contributed by atoms with Crippen LogP contribution in [0.4, 0.5) is 23.1 Å². The van der Waals surface area contributed by atoms with Crippen molar-refractivity contribution < 1.29 is 22.9 Å². The summed E-state index contributed by atoms with van der Waals surface area (Å²) in [6.07, 6.45) is 4.57. The SMILES string of the molecule is COc1cc(N2CCOCC2)ccc1Nc1nc(NC2CCCN(S(C)(=O)=O)C2)c2[nH]c[nH+]c2n1. The molecule has 188 valence electrons. The Bertz CT molecular complexity index is 1290. The normalized spacial score (nSPS) is 19.6. The number of aromatic amines is 2. The Labute approximate surface area is 204 Å². The van der Waals surface area contributed by atoms with Crippen molar-refractivity contribution in [1.29, 1.82) is 0 Å². The Balaban J connectivity index is 1.39. The molecular weight excluding hydrogens is 472 g/mol. The standard InChI is InChI=1S/C22H30N8O4S/c1-33-18-12-16(29-8-10-34-11-9-29)5-6-17(18)26-22-27-20-19(23-14-24-20)21(28-22)25-15-4-3-7-30(13-15)35(2,31)32/h5-6,12,14-15H,3-4,7-11,13H2,1-2H3,(H3,23,24,25,26,27,28)/p+1. The highest BCUT2D eigenvalue weighted by molar-refractivity contribution is 7.88. The van der Waals surface area contributed by atoms with Gasteiger partial charge in [-0.25, -0.2) is 17.7 Å². The summed E-state index contributed by atoms with van der Waals surface area (Å²) in [5.41, 5.74) is 3.17. The molecule has 4 heterocycles. The number of imidazole rings is 1. The summed E-state index contributed by atoms with van der Waals surface area (Å²) < 4.78 is 36.7. The van der Waals surface area contributed by atoms with Crippen LogP contribution in [0.15, 0.2) is 24.5 Å². The Morgan fingerprint density at radius 1 is 1.23 bits per heavy atom. The Morgan fingerprint density at radius 3 is 2.83 bits per heavy atom. The molecular formula is C22H31N8O4S+. The first-order valence-corrected chi connectivity index (χ1v) is 13.5. The second-order valence-corrected chi connectivity index (χ2v) is 10.7. The minimum Gasteiger partial charge on any atom is -0.494 e. The van der Waals surface area contributed by atoms with Gasteiger partial charge in [-0.3, -0.25) is 4.98 Å². The van der Waals surface area contributed by atoms with Crippen molar-refractivity contribution in [3.05, 3.63) is 24.5 Å². The number of benzene rings is 1. The zero-order valence-electron chi connectivity index (χ0n) is 19.9. The number of anilines is 4. The van der Waals surface area contributed by atoms with Crippen molar-refractivity contribution in [2.75, 3.05) is 68.3 Å². The average Bonchev–Trinajstić information content (AvgIpc) is 3.34. The van der Waals surface area contributed by atoms with Crippen LogP contribution in [0, 0.1) is 0 Å². The van der Waals surface area contributed by atoms with Crippen LogP contribution in [0.1, 0.15) is 12.8 Å². The van der Waals surface area contributed by atoms with Crippen LogP contribution in [0.3, 0.4) is 0 Å². The molecule has 0 bridgehead atoms. The molecule has 0 aliphatic carbocycles. The van der Waals surface area contributed by atoms with Gasteiger partial charge in [0, 0.05) is 44.0 Å². The molecule has 0 saturated carbocycles. The molecule has 3 aromatic rings. The topological polar surface area (TPSA) is 139 Å². The number of morpholine rings is 1. The number of fused-ring (bicyclic) bond motifs is 1. The molecule has 5 rings (SSSR count). The van der Waals surface area contributed by atoms with E-state index in [9.17, 15) is 8.42 Å². The number of rotatable bonds is 7. The number of aromatic nitrogens is 4. The predicted octanol–water partition coefficient (Wildman–Crippen LogP) is 1.20. The van der Waals surface area contributed by atoms with E-state index in [2.05, 4.69) is 30.5 Å². The molecule has 2 fully saturated rings. The largest absolute Gasteiger partial charge is 0.494 e. The molecule has 12 nitrogen and oxygen atoms in total. The predicted molar refractivity (Wildman–Crippen MR) is 133 cm³/mol. The number of sulfonamides is 1. The third-order valence-corrected chi connectivity index (χ3v) is 7.61. The minimum atomic E-state index is -3.24. The lowest BCUT2D eigenvalue weighted by Gasteiger charge is -2.31. The van der Waals surface area contributed by atoms with Gasteiger partial charge in [-0.15, -0.1) is 0 Å². The van der Waals surface area contributed by atoms with E-state index in [0.717, 1.165) is 42.8 Å². The van der Waals surface area contributed by atoms with Crippen LogP contribution in [-0.2, 0) is 14.8 Å². The average molecular weight is 504 g/mol. The minimum absolute atomic E-state index is 0.0601. The van der Waals surface area contributed by atoms with E-state index in [0.29, 0.717) is 49.5 Å². The van der Waals surface area contributed by atoms with E-state index < -0.39 is 10.0 Å². The summed E-state index contributed by atoms with van der Waals surface area (Å²) >= 11 is 0. The number of nitrogens with one attached hydrogen (secondary N) is 4. The molecule has 2 aliphatic heterocycles. The Kier molecular flexibility index (Phi) is 6.62. The summed E-state index contributed by atoms with van der Waals surface area (Å²) in [5, 5.41) is 6.70. The van der Waals surface area contributed by atoms with E-state index in [1.807, 2.05) is 18.2 Å². The maximum Gasteiger partial charge on any atom is 0.307 e. The lowest BCUT2D eigenvalue weighted by molar-refractivity contribution is -0.347. The monoisotopic (exact) mass is 503 g/mol.